The largest absolute Gasteiger partial charge is 0.493 e. The van der Waals surface area contributed by atoms with Crippen molar-refractivity contribution >= 4 is 40.4 Å². The zero-order valence-electron chi connectivity index (χ0n) is 18.8. The van der Waals surface area contributed by atoms with Crippen LogP contribution in [-0.4, -0.2) is 42.3 Å². The van der Waals surface area contributed by atoms with Crippen LogP contribution in [0, 0.1) is 0 Å². The topological polar surface area (TPSA) is 64.8 Å². The van der Waals surface area contributed by atoms with Crippen LogP contribution in [0.2, 0.25) is 5.02 Å². The standard InChI is InChI=1S/C26H23ClN2O4S/c1-31-22-12-17-10-11-29(25(16-6-4-3-5-7-16)19(17)14-23(22)32-2)24(30)15-34-26-28-20-13-18(27)8-9-21(20)33-26/h3-9,12-14,25H,10-11,15H2,1-2H3/t25-/m1/s1. The van der Waals surface area contributed by atoms with E-state index in [0.717, 1.165) is 23.1 Å². The molecular formula is C26H23ClN2O4S. The number of thioether (sulfide) groups is 1. The van der Waals surface area contributed by atoms with Gasteiger partial charge in [0, 0.05) is 11.6 Å². The number of benzene rings is 3. The maximum absolute atomic E-state index is 13.5. The highest BCUT2D eigenvalue weighted by atomic mass is 35.5. The lowest BCUT2D eigenvalue weighted by atomic mass is 9.87. The minimum atomic E-state index is -0.222. The molecule has 0 N–H and O–H groups in total. The van der Waals surface area contributed by atoms with Crippen molar-refractivity contribution in [1.29, 1.82) is 0 Å². The summed E-state index contributed by atoms with van der Waals surface area (Å²) in [5, 5.41) is 1.05. The molecule has 1 atom stereocenters. The van der Waals surface area contributed by atoms with Gasteiger partial charge in [-0.1, -0.05) is 53.7 Å². The molecule has 2 heterocycles. The zero-order chi connectivity index (χ0) is 23.7. The summed E-state index contributed by atoms with van der Waals surface area (Å²) in [6, 6.07) is 19.1. The second kappa shape index (κ2) is 9.60. The Morgan fingerprint density at radius 3 is 2.65 bits per heavy atom. The van der Waals surface area contributed by atoms with E-state index in [1.54, 1.807) is 32.4 Å². The molecule has 1 amide bonds. The molecule has 0 radical (unpaired) electrons. The SMILES string of the molecule is COc1cc2c(cc1OC)[C@@H](c1ccccc1)N(C(=O)CSc1nc3cc(Cl)ccc3o1)CC2. The van der Waals surface area contributed by atoms with Crippen molar-refractivity contribution in [2.24, 2.45) is 0 Å². The van der Waals surface area contributed by atoms with Crippen LogP contribution in [0.25, 0.3) is 11.1 Å². The van der Waals surface area contributed by atoms with Crippen LogP contribution in [0.3, 0.4) is 0 Å². The first kappa shape index (κ1) is 22.6. The molecule has 0 unspecified atom stereocenters. The van der Waals surface area contributed by atoms with Gasteiger partial charge < -0.3 is 18.8 Å². The normalized spacial score (nSPS) is 15.3. The number of hydrogen-bond acceptors (Lipinski definition) is 6. The first-order chi connectivity index (χ1) is 16.6. The van der Waals surface area contributed by atoms with Gasteiger partial charge in [-0.25, -0.2) is 4.98 Å². The van der Waals surface area contributed by atoms with Gasteiger partial charge in [-0.15, -0.1) is 0 Å². The number of oxazole rings is 1. The number of halogens is 1. The lowest BCUT2D eigenvalue weighted by Crippen LogP contribution is -2.41. The van der Waals surface area contributed by atoms with Crippen LogP contribution in [-0.2, 0) is 11.2 Å². The van der Waals surface area contributed by atoms with Gasteiger partial charge in [0.15, 0.2) is 17.1 Å². The molecule has 4 aromatic rings. The van der Waals surface area contributed by atoms with Gasteiger partial charge in [0.25, 0.3) is 5.22 Å². The number of methoxy groups -OCH3 is 2. The predicted molar refractivity (Wildman–Crippen MR) is 133 cm³/mol. The smallest absolute Gasteiger partial charge is 0.257 e. The van der Waals surface area contributed by atoms with Crippen molar-refractivity contribution < 1.29 is 18.7 Å². The van der Waals surface area contributed by atoms with E-state index in [-0.39, 0.29) is 17.7 Å². The summed E-state index contributed by atoms with van der Waals surface area (Å²) < 4.78 is 16.8. The molecule has 1 aliphatic rings. The fourth-order valence-electron chi connectivity index (χ4n) is 4.36. The molecule has 0 aliphatic carbocycles. The van der Waals surface area contributed by atoms with Crippen molar-refractivity contribution in [3.63, 3.8) is 0 Å². The third-order valence-electron chi connectivity index (χ3n) is 5.96. The van der Waals surface area contributed by atoms with Crippen molar-refractivity contribution in [2.45, 2.75) is 17.7 Å². The van der Waals surface area contributed by atoms with Crippen molar-refractivity contribution in [3.8, 4) is 11.5 Å². The maximum Gasteiger partial charge on any atom is 0.257 e. The third kappa shape index (κ3) is 4.33. The molecule has 0 bridgehead atoms. The van der Waals surface area contributed by atoms with E-state index in [9.17, 15) is 4.79 Å². The Morgan fingerprint density at radius 1 is 1.12 bits per heavy atom. The van der Waals surface area contributed by atoms with Crippen LogP contribution < -0.4 is 9.47 Å². The Balaban J connectivity index is 1.44. The summed E-state index contributed by atoms with van der Waals surface area (Å²) >= 11 is 7.34. The van der Waals surface area contributed by atoms with Gasteiger partial charge in [-0.05, 0) is 53.4 Å². The second-order valence-electron chi connectivity index (χ2n) is 7.94. The third-order valence-corrected chi connectivity index (χ3v) is 7.01. The van der Waals surface area contributed by atoms with Gasteiger partial charge in [0.2, 0.25) is 5.91 Å². The molecule has 5 rings (SSSR count). The Bertz CT molecular complexity index is 1340. The number of rotatable bonds is 6. The predicted octanol–water partition coefficient (Wildman–Crippen LogP) is 5.76. The van der Waals surface area contributed by atoms with Gasteiger partial charge >= 0.3 is 0 Å². The van der Waals surface area contributed by atoms with Crippen LogP contribution in [0.1, 0.15) is 22.7 Å². The molecular weight excluding hydrogens is 472 g/mol. The molecule has 0 fully saturated rings. The molecule has 0 saturated heterocycles. The molecule has 0 spiro atoms. The van der Waals surface area contributed by atoms with E-state index >= 15 is 0 Å². The van der Waals surface area contributed by atoms with Crippen LogP contribution in [0.4, 0.5) is 0 Å². The highest BCUT2D eigenvalue weighted by Crippen LogP contribution is 2.41. The minimum absolute atomic E-state index is 0.0135. The lowest BCUT2D eigenvalue weighted by Gasteiger charge is -2.38. The van der Waals surface area contributed by atoms with Gasteiger partial charge in [0.05, 0.1) is 26.0 Å². The molecule has 34 heavy (non-hydrogen) atoms. The van der Waals surface area contributed by atoms with Gasteiger partial charge in [0.1, 0.15) is 5.52 Å². The van der Waals surface area contributed by atoms with Crippen LogP contribution >= 0.6 is 23.4 Å². The highest BCUT2D eigenvalue weighted by molar-refractivity contribution is 7.99. The maximum atomic E-state index is 13.5. The van der Waals surface area contributed by atoms with Crippen LogP contribution in [0.15, 0.2) is 70.3 Å². The zero-order valence-corrected chi connectivity index (χ0v) is 20.4. The Kier molecular flexibility index (Phi) is 6.39. The minimum Gasteiger partial charge on any atom is -0.493 e. The number of fused-ring (bicyclic) bond motifs is 2. The lowest BCUT2D eigenvalue weighted by molar-refractivity contribution is -0.130. The number of ether oxygens (including phenoxy) is 2. The molecule has 3 aromatic carbocycles. The monoisotopic (exact) mass is 494 g/mol. The molecule has 1 aliphatic heterocycles. The van der Waals surface area contributed by atoms with Crippen LogP contribution in [0.5, 0.6) is 11.5 Å². The number of hydrogen-bond donors (Lipinski definition) is 0. The van der Waals surface area contributed by atoms with Gasteiger partial charge in [-0.2, -0.15) is 0 Å². The average Bonchev–Trinajstić information content (AvgIpc) is 3.28. The summed E-state index contributed by atoms with van der Waals surface area (Å²) in [6.45, 7) is 0.602. The Labute approximate surface area is 206 Å². The summed E-state index contributed by atoms with van der Waals surface area (Å²) in [7, 11) is 3.26. The van der Waals surface area contributed by atoms with E-state index in [0.29, 0.717) is 39.4 Å². The molecule has 8 heteroatoms. The second-order valence-corrected chi connectivity index (χ2v) is 9.30. The van der Waals surface area contributed by atoms with Crippen molar-refractivity contribution in [2.75, 3.05) is 26.5 Å². The summed E-state index contributed by atoms with van der Waals surface area (Å²) in [5.74, 6) is 1.57. The molecule has 1 aromatic heterocycles. The first-order valence-corrected chi connectivity index (χ1v) is 12.2. The highest BCUT2D eigenvalue weighted by Gasteiger charge is 2.33. The van der Waals surface area contributed by atoms with E-state index in [4.69, 9.17) is 25.5 Å². The molecule has 6 nitrogen and oxygen atoms in total. The number of aromatic nitrogens is 1. The number of nitrogens with zero attached hydrogens (tertiary/aromatic N) is 2. The average molecular weight is 495 g/mol. The number of carbonyl (C=O) groups excluding carboxylic acids is 1. The Hall–Kier alpha value is -3.16. The van der Waals surface area contributed by atoms with E-state index in [2.05, 4.69) is 17.1 Å². The van der Waals surface area contributed by atoms with Gasteiger partial charge in [-0.3, -0.25) is 4.79 Å². The number of carbonyl (C=O) groups is 1. The fraction of sp³-hybridized carbons (Fsp3) is 0.231. The Morgan fingerprint density at radius 2 is 1.88 bits per heavy atom. The quantitative estimate of drug-likeness (QED) is 0.317. The number of amides is 1. The van der Waals surface area contributed by atoms with Crippen molar-refractivity contribution in [3.05, 3.63) is 82.4 Å². The van der Waals surface area contributed by atoms with E-state index < -0.39 is 0 Å². The van der Waals surface area contributed by atoms with E-state index in [1.807, 2.05) is 35.2 Å². The summed E-state index contributed by atoms with van der Waals surface area (Å²) in [5.41, 5.74) is 4.57. The first-order valence-electron chi connectivity index (χ1n) is 10.9. The van der Waals surface area contributed by atoms with E-state index in [1.165, 1.54) is 11.8 Å². The molecule has 174 valence electrons. The fourth-order valence-corrected chi connectivity index (χ4v) is 5.25. The van der Waals surface area contributed by atoms with Crippen molar-refractivity contribution in [1.82, 2.24) is 9.88 Å². The molecule has 0 saturated carbocycles. The summed E-state index contributed by atoms with van der Waals surface area (Å²) in [4.78, 5) is 19.9. The summed E-state index contributed by atoms with van der Waals surface area (Å²) in [6.07, 6.45) is 0.733.